The molecule has 3 aromatic rings. The van der Waals surface area contributed by atoms with Crippen LogP contribution in [-0.2, 0) is 14.8 Å². The normalized spacial score (nSPS) is 12.8. The van der Waals surface area contributed by atoms with Gasteiger partial charge in [0.1, 0.15) is 0 Å². The molecule has 154 valence electrons. The summed E-state index contributed by atoms with van der Waals surface area (Å²) in [5.41, 5.74) is 1.21. The van der Waals surface area contributed by atoms with Crippen LogP contribution in [0.1, 0.15) is 5.56 Å². The minimum Gasteiger partial charge on any atom is -0.454 e. The monoisotopic (exact) mass is 507 g/mol. The maximum absolute atomic E-state index is 12.3. The van der Waals surface area contributed by atoms with E-state index in [2.05, 4.69) is 31.0 Å². The van der Waals surface area contributed by atoms with Crippen LogP contribution in [0.25, 0.3) is 6.08 Å². The third-order valence-electron chi connectivity index (χ3n) is 3.99. The molecular weight excluding hydrogens is 494 g/mol. The standard InChI is InChI=1S/C19H14BrN3O5S2/c20-15-10-17-16(27-11-28-17)9-12(15)1-6-18(24)22-13-2-4-14(5-3-13)30(25,26)23-19-21-7-8-29-19/h1-10H,11H2,(H,21,23)(H,22,24). The highest BCUT2D eigenvalue weighted by molar-refractivity contribution is 9.10. The predicted molar refractivity (Wildman–Crippen MR) is 117 cm³/mol. The Morgan fingerprint density at radius 3 is 2.60 bits per heavy atom. The van der Waals surface area contributed by atoms with E-state index >= 15 is 0 Å². The summed E-state index contributed by atoms with van der Waals surface area (Å²) in [6.45, 7) is 0.167. The molecule has 11 heteroatoms. The summed E-state index contributed by atoms with van der Waals surface area (Å²) in [7, 11) is -3.74. The van der Waals surface area contributed by atoms with Crippen molar-refractivity contribution in [2.24, 2.45) is 0 Å². The van der Waals surface area contributed by atoms with Crippen molar-refractivity contribution < 1.29 is 22.7 Å². The van der Waals surface area contributed by atoms with Gasteiger partial charge < -0.3 is 14.8 Å². The van der Waals surface area contributed by atoms with Gasteiger partial charge in [-0.3, -0.25) is 9.52 Å². The quantitative estimate of drug-likeness (QED) is 0.486. The molecule has 0 atom stereocenters. The topological polar surface area (TPSA) is 107 Å². The van der Waals surface area contributed by atoms with Gasteiger partial charge in [-0.2, -0.15) is 0 Å². The van der Waals surface area contributed by atoms with Gasteiger partial charge in [0.15, 0.2) is 16.6 Å². The van der Waals surface area contributed by atoms with Crippen LogP contribution in [0.2, 0.25) is 0 Å². The van der Waals surface area contributed by atoms with Crippen LogP contribution in [0, 0.1) is 0 Å². The van der Waals surface area contributed by atoms with Gasteiger partial charge in [-0.05, 0) is 48.0 Å². The first-order valence-electron chi connectivity index (χ1n) is 8.51. The van der Waals surface area contributed by atoms with Crippen LogP contribution >= 0.6 is 27.3 Å². The summed E-state index contributed by atoms with van der Waals surface area (Å²) in [4.78, 5) is 16.2. The van der Waals surface area contributed by atoms with Gasteiger partial charge in [-0.15, -0.1) is 11.3 Å². The van der Waals surface area contributed by atoms with E-state index in [1.807, 2.05) is 0 Å². The summed E-state index contributed by atoms with van der Waals surface area (Å²) in [5.74, 6) is 0.889. The van der Waals surface area contributed by atoms with Crippen LogP contribution in [-0.4, -0.2) is 26.1 Å². The van der Waals surface area contributed by atoms with Crippen molar-refractivity contribution >= 4 is 60.1 Å². The lowest BCUT2D eigenvalue weighted by Gasteiger charge is -2.07. The number of aromatic nitrogens is 1. The number of nitrogens with one attached hydrogen (secondary N) is 2. The minimum atomic E-state index is -3.74. The maximum atomic E-state index is 12.3. The summed E-state index contributed by atoms with van der Waals surface area (Å²) in [5, 5.41) is 4.64. The zero-order chi connectivity index (χ0) is 21.1. The number of amides is 1. The molecule has 30 heavy (non-hydrogen) atoms. The number of anilines is 2. The first-order chi connectivity index (χ1) is 14.4. The Balaban J connectivity index is 1.41. The molecular formula is C19H14BrN3O5S2. The third-order valence-corrected chi connectivity index (χ3v) is 6.85. The molecule has 0 radical (unpaired) electrons. The van der Waals surface area contributed by atoms with Crippen LogP contribution in [0.15, 0.2) is 63.4 Å². The number of ether oxygens (including phenoxy) is 2. The Morgan fingerprint density at radius 1 is 1.17 bits per heavy atom. The van der Waals surface area contributed by atoms with Crippen molar-refractivity contribution in [3.8, 4) is 11.5 Å². The number of carbonyl (C=O) groups excluding carboxylic acids is 1. The van der Waals surface area contributed by atoms with Gasteiger partial charge >= 0.3 is 0 Å². The zero-order valence-corrected chi connectivity index (χ0v) is 18.4. The molecule has 4 rings (SSSR count). The second-order valence-corrected chi connectivity index (χ2v) is 9.45. The number of halogens is 1. The number of fused-ring (bicyclic) bond motifs is 1. The molecule has 1 aromatic heterocycles. The van der Waals surface area contributed by atoms with Crippen LogP contribution in [0.3, 0.4) is 0 Å². The highest BCUT2D eigenvalue weighted by Gasteiger charge is 2.16. The average Bonchev–Trinajstić information content (AvgIpc) is 3.37. The van der Waals surface area contributed by atoms with Crippen molar-refractivity contribution in [1.29, 1.82) is 0 Å². The van der Waals surface area contributed by atoms with Crippen molar-refractivity contribution in [3.05, 3.63) is 64.1 Å². The second-order valence-electron chi connectivity index (χ2n) is 6.02. The molecule has 0 saturated carbocycles. The van der Waals surface area contributed by atoms with Gasteiger partial charge in [0.05, 0.1) is 4.90 Å². The first-order valence-corrected chi connectivity index (χ1v) is 11.7. The molecule has 2 aromatic carbocycles. The average molecular weight is 508 g/mol. The number of hydrogen-bond donors (Lipinski definition) is 2. The summed E-state index contributed by atoms with van der Waals surface area (Å²) < 4.78 is 38.5. The molecule has 1 aliphatic heterocycles. The van der Waals surface area contributed by atoms with Crippen LogP contribution in [0.4, 0.5) is 10.8 Å². The number of hydrogen-bond acceptors (Lipinski definition) is 7. The first kappa shape index (κ1) is 20.4. The van der Waals surface area contributed by atoms with Gasteiger partial charge in [0.25, 0.3) is 10.0 Å². The smallest absolute Gasteiger partial charge is 0.263 e. The Morgan fingerprint density at radius 2 is 1.90 bits per heavy atom. The molecule has 1 amide bonds. The molecule has 0 aliphatic carbocycles. The Labute approximate surface area is 184 Å². The van der Waals surface area contributed by atoms with E-state index in [0.717, 1.165) is 10.0 Å². The largest absolute Gasteiger partial charge is 0.454 e. The van der Waals surface area contributed by atoms with E-state index in [4.69, 9.17) is 9.47 Å². The van der Waals surface area contributed by atoms with Crippen molar-refractivity contribution in [2.45, 2.75) is 4.90 Å². The SMILES string of the molecule is O=C(C=Cc1cc2c(cc1Br)OCO2)Nc1ccc(S(=O)(=O)Nc2nccs2)cc1. The van der Waals surface area contributed by atoms with Crippen LogP contribution in [0.5, 0.6) is 11.5 Å². The third kappa shape index (κ3) is 4.64. The zero-order valence-electron chi connectivity index (χ0n) is 15.2. The van der Waals surface area contributed by atoms with E-state index < -0.39 is 10.0 Å². The van der Waals surface area contributed by atoms with Gasteiger partial charge in [0, 0.05) is 27.8 Å². The fraction of sp³-hybridized carbons (Fsp3) is 0.0526. The van der Waals surface area contributed by atoms with Crippen LogP contribution < -0.4 is 19.5 Å². The number of nitrogens with zero attached hydrogens (tertiary/aromatic N) is 1. The van der Waals surface area contributed by atoms with E-state index in [1.165, 1.54) is 47.9 Å². The van der Waals surface area contributed by atoms with Gasteiger partial charge in [-0.1, -0.05) is 15.9 Å². The molecule has 2 N–H and O–H groups in total. The lowest BCUT2D eigenvalue weighted by molar-refractivity contribution is -0.111. The fourth-order valence-corrected chi connectivity index (χ4v) is 4.82. The number of benzene rings is 2. The minimum absolute atomic E-state index is 0.0653. The lowest BCUT2D eigenvalue weighted by atomic mass is 10.2. The molecule has 0 spiro atoms. The molecule has 1 aliphatic rings. The van der Waals surface area contributed by atoms with E-state index in [1.54, 1.807) is 23.6 Å². The number of sulfonamides is 1. The molecule has 2 heterocycles. The molecule has 8 nitrogen and oxygen atoms in total. The molecule has 0 saturated heterocycles. The molecule has 0 bridgehead atoms. The van der Waals surface area contributed by atoms with E-state index in [0.29, 0.717) is 17.2 Å². The number of thiazole rings is 1. The Bertz CT molecular complexity index is 1210. The number of rotatable bonds is 6. The maximum Gasteiger partial charge on any atom is 0.263 e. The summed E-state index contributed by atoms with van der Waals surface area (Å²) in [6.07, 6.45) is 4.52. The molecule has 0 unspecified atom stereocenters. The predicted octanol–water partition coefficient (Wildman–Crippen LogP) is 4.09. The van der Waals surface area contributed by atoms with Crippen molar-refractivity contribution in [3.63, 3.8) is 0 Å². The highest BCUT2D eigenvalue weighted by atomic mass is 79.9. The summed E-state index contributed by atoms with van der Waals surface area (Å²) >= 11 is 4.61. The second kappa shape index (κ2) is 8.46. The highest BCUT2D eigenvalue weighted by Crippen LogP contribution is 2.37. The van der Waals surface area contributed by atoms with Gasteiger partial charge in [-0.25, -0.2) is 13.4 Å². The Hall–Kier alpha value is -2.89. The summed E-state index contributed by atoms with van der Waals surface area (Å²) in [6, 6.07) is 9.38. The van der Waals surface area contributed by atoms with Gasteiger partial charge in [0.2, 0.25) is 12.7 Å². The van der Waals surface area contributed by atoms with E-state index in [-0.39, 0.29) is 22.7 Å². The Kier molecular flexibility index (Phi) is 5.75. The fourth-order valence-electron chi connectivity index (χ4n) is 2.58. The van der Waals surface area contributed by atoms with Crippen molar-refractivity contribution in [2.75, 3.05) is 16.8 Å². The van der Waals surface area contributed by atoms with E-state index in [9.17, 15) is 13.2 Å². The molecule has 0 fully saturated rings. The lowest BCUT2D eigenvalue weighted by Crippen LogP contribution is -2.13. The number of carbonyl (C=O) groups is 1. The van der Waals surface area contributed by atoms with Crippen molar-refractivity contribution in [1.82, 2.24) is 4.98 Å².